The Hall–Kier alpha value is -2.02. The molecule has 1 aromatic rings. The predicted octanol–water partition coefficient (Wildman–Crippen LogP) is 2.03. The summed E-state index contributed by atoms with van der Waals surface area (Å²) in [6.07, 6.45) is 0. The van der Waals surface area contributed by atoms with E-state index in [-0.39, 0.29) is 16.4 Å². The number of carbonyl (C=O) groups is 3. The van der Waals surface area contributed by atoms with Crippen LogP contribution >= 0.6 is 11.8 Å². The van der Waals surface area contributed by atoms with Gasteiger partial charge in [0.05, 0.1) is 25.3 Å². The summed E-state index contributed by atoms with van der Waals surface area (Å²) >= 11 is 0.907. The highest BCUT2D eigenvalue weighted by Crippen LogP contribution is 2.24. The van der Waals surface area contributed by atoms with Crippen LogP contribution in [0.25, 0.3) is 0 Å². The van der Waals surface area contributed by atoms with Crippen LogP contribution in [0.15, 0.2) is 23.1 Å². The van der Waals surface area contributed by atoms with Crippen LogP contribution in [0.1, 0.15) is 20.7 Å². The van der Waals surface area contributed by atoms with Gasteiger partial charge in [-0.2, -0.15) is 0 Å². The molecule has 1 rings (SSSR count). The summed E-state index contributed by atoms with van der Waals surface area (Å²) in [6, 6.07) is 4.34. The molecule has 7 heteroatoms. The Kier molecular flexibility index (Phi) is 5.57. The Morgan fingerprint density at radius 1 is 0.950 bits per heavy atom. The maximum atomic E-state index is 11.7. The molecule has 0 heterocycles. The summed E-state index contributed by atoms with van der Waals surface area (Å²) in [6.45, 7) is 0. The molecule has 0 atom stereocenters. The zero-order chi connectivity index (χ0) is 15.3. The van der Waals surface area contributed by atoms with E-state index in [1.165, 1.54) is 37.3 Å². The van der Waals surface area contributed by atoms with Gasteiger partial charge in [0.25, 0.3) is 5.24 Å². The van der Waals surface area contributed by atoms with Gasteiger partial charge in [-0.15, -0.1) is 0 Å². The van der Waals surface area contributed by atoms with E-state index in [1.807, 2.05) is 0 Å². The number of esters is 2. The van der Waals surface area contributed by atoms with Crippen molar-refractivity contribution >= 4 is 28.9 Å². The van der Waals surface area contributed by atoms with E-state index in [1.54, 1.807) is 14.1 Å². The van der Waals surface area contributed by atoms with Crippen molar-refractivity contribution in [2.45, 2.75) is 4.90 Å². The highest BCUT2D eigenvalue weighted by Gasteiger charge is 2.16. The fourth-order valence-corrected chi connectivity index (χ4v) is 2.08. The average molecular weight is 297 g/mol. The largest absolute Gasteiger partial charge is 0.465 e. The number of thioether (sulfide) groups is 1. The lowest BCUT2D eigenvalue weighted by molar-refractivity contribution is 0.0598. The maximum absolute atomic E-state index is 11.7. The third kappa shape index (κ3) is 3.99. The molecule has 1 amide bonds. The van der Waals surface area contributed by atoms with Crippen LogP contribution in [0.3, 0.4) is 0 Å². The zero-order valence-electron chi connectivity index (χ0n) is 11.6. The van der Waals surface area contributed by atoms with Crippen LogP contribution in [0.5, 0.6) is 0 Å². The van der Waals surface area contributed by atoms with Crippen LogP contribution in [-0.4, -0.2) is 50.4 Å². The van der Waals surface area contributed by atoms with Gasteiger partial charge < -0.3 is 14.4 Å². The van der Waals surface area contributed by atoms with Gasteiger partial charge in [-0.3, -0.25) is 4.79 Å². The molecule has 0 N–H and O–H groups in total. The number of carbonyl (C=O) groups excluding carboxylic acids is 3. The quantitative estimate of drug-likeness (QED) is 0.628. The topological polar surface area (TPSA) is 72.9 Å². The van der Waals surface area contributed by atoms with E-state index in [0.29, 0.717) is 4.90 Å². The van der Waals surface area contributed by atoms with Crippen LogP contribution in [0, 0.1) is 0 Å². The summed E-state index contributed by atoms with van der Waals surface area (Å²) in [7, 11) is 5.71. The second kappa shape index (κ2) is 6.95. The van der Waals surface area contributed by atoms with E-state index in [4.69, 9.17) is 0 Å². The number of rotatable bonds is 3. The molecule has 0 spiro atoms. The van der Waals surface area contributed by atoms with Gasteiger partial charge in [0.15, 0.2) is 0 Å². The van der Waals surface area contributed by atoms with Crippen molar-refractivity contribution in [2.75, 3.05) is 28.3 Å². The van der Waals surface area contributed by atoms with Crippen molar-refractivity contribution in [1.82, 2.24) is 4.90 Å². The lowest BCUT2D eigenvalue weighted by Crippen LogP contribution is -2.16. The summed E-state index contributed by atoms with van der Waals surface area (Å²) in [5, 5.41) is -0.220. The molecule has 108 valence electrons. The normalized spacial score (nSPS) is 9.80. The predicted molar refractivity (Wildman–Crippen MR) is 74.1 cm³/mol. The monoisotopic (exact) mass is 297 g/mol. The first kappa shape index (κ1) is 16.0. The molecule has 0 fully saturated rings. The SMILES string of the molecule is COC(=O)c1cc(SC(=O)N(C)C)cc(C(=O)OC)c1. The molecule has 0 aliphatic heterocycles. The molecule has 6 nitrogen and oxygen atoms in total. The fraction of sp³-hybridized carbons (Fsp3) is 0.308. The summed E-state index contributed by atoms with van der Waals surface area (Å²) in [4.78, 5) is 36.7. The van der Waals surface area contributed by atoms with E-state index in [9.17, 15) is 14.4 Å². The standard InChI is InChI=1S/C13H15NO5S/c1-14(2)13(17)20-10-6-8(11(15)18-3)5-9(7-10)12(16)19-4/h5-7H,1-4H3. The Bertz CT molecular complexity index is 507. The Morgan fingerprint density at radius 2 is 1.40 bits per heavy atom. The molecule has 20 heavy (non-hydrogen) atoms. The Labute approximate surface area is 121 Å². The van der Waals surface area contributed by atoms with E-state index in [0.717, 1.165) is 11.8 Å². The molecule has 0 saturated carbocycles. The molecule has 0 aromatic heterocycles. The smallest absolute Gasteiger partial charge is 0.337 e. The number of hydrogen-bond acceptors (Lipinski definition) is 6. The van der Waals surface area contributed by atoms with Gasteiger partial charge >= 0.3 is 11.9 Å². The highest BCUT2D eigenvalue weighted by atomic mass is 32.2. The third-order valence-electron chi connectivity index (χ3n) is 2.32. The number of methoxy groups -OCH3 is 2. The molecule has 0 saturated heterocycles. The van der Waals surface area contributed by atoms with Crippen molar-refractivity contribution in [3.63, 3.8) is 0 Å². The first-order valence-electron chi connectivity index (χ1n) is 5.60. The van der Waals surface area contributed by atoms with Crippen LogP contribution in [0.2, 0.25) is 0 Å². The van der Waals surface area contributed by atoms with Gasteiger partial charge in [-0.25, -0.2) is 9.59 Å². The van der Waals surface area contributed by atoms with Gasteiger partial charge in [-0.05, 0) is 30.0 Å². The number of ether oxygens (including phenoxy) is 2. The van der Waals surface area contributed by atoms with Gasteiger partial charge in [0, 0.05) is 19.0 Å². The van der Waals surface area contributed by atoms with E-state index in [2.05, 4.69) is 9.47 Å². The van der Waals surface area contributed by atoms with Crippen LogP contribution < -0.4 is 0 Å². The first-order chi connectivity index (χ1) is 9.38. The summed E-state index contributed by atoms with van der Waals surface area (Å²) < 4.78 is 9.23. The molecular formula is C13H15NO5S. The Morgan fingerprint density at radius 3 is 1.75 bits per heavy atom. The zero-order valence-corrected chi connectivity index (χ0v) is 12.4. The minimum absolute atomic E-state index is 0.185. The minimum atomic E-state index is -0.588. The Balaban J connectivity index is 3.19. The third-order valence-corrected chi connectivity index (χ3v) is 3.33. The number of benzene rings is 1. The molecule has 0 bridgehead atoms. The first-order valence-corrected chi connectivity index (χ1v) is 6.41. The fourth-order valence-electron chi connectivity index (χ4n) is 1.32. The maximum Gasteiger partial charge on any atom is 0.337 e. The van der Waals surface area contributed by atoms with Crippen molar-refractivity contribution in [1.29, 1.82) is 0 Å². The molecule has 1 aromatic carbocycles. The van der Waals surface area contributed by atoms with Crippen molar-refractivity contribution in [3.05, 3.63) is 29.3 Å². The average Bonchev–Trinajstić information content (AvgIpc) is 2.44. The van der Waals surface area contributed by atoms with E-state index < -0.39 is 11.9 Å². The number of nitrogens with zero attached hydrogens (tertiary/aromatic N) is 1. The van der Waals surface area contributed by atoms with E-state index >= 15 is 0 Å². The van der Waals surface area contributed by atoms with Crippen LogP contribution in [-0.2, 0) is 9.47 Å². The van der Waals surface area contributed by atoms with Gasteiger partial charge in [0.1, 0.15) is 0 Å². The lowest BCUT2D eigenvalue weighted by Gasteiger charge is -2.11. The molecule has 0 unspecified atom stereocenters. The van der Waals surface area contributed by atoms with Crippen molar-refractivity contribution in [3.8, 4) is 0 Å². The van der Waals surface area contributed by atoms with Crippen molar-refractivity contribution in [2.24, 2.45) is 0 Å². The van der Waals surface area contributed by atoms with Gasteiger partial charge in [0.2, 0.25) is 0 Å². The second-order valence-corrected chi connectivity index (χ2v) is 5.02. The highest BCUT2D eigenvalue weighted by molar-refractivity contribution is 8.13. The summed E-state index contributed by atoms with van der Waals surface area (Å²) in [5.41, 5.74) is 0.369. The molecule has 0 radical (unpaired) electrons. The molecule has 0 aliphatic carbocycles. The second-order valence-electron chi connectivity index (χ2n) is 3.99. The van der Waals surface area contributed by atoms with Gasteiger partial charge in [-0.1, -0.05) is 0 Å². The molecule has 0 aliphatic rings. The summed E-state index contributed by atoms with van der Waals surface area (Å²) in [5.74, 6) is -1.18. The number of amides is 1. The number of hydrogen-bond donors (Lipinski definition) is 0. The van der Waals surface area contributed by atoms with Crippen molar-refractivity contribution < 1.29 is 23.9 Å². The minimum Gasteiger partial charge on any atom is -0.465 e. The molecular weight excluding hydrogens is 282 g/mol. The lowest BCUT2D eigenvalue weighted by atomic mass is 10.1. The van der Waals surface area contributed by atoms with Crippen LogP contribution in [0.4, 0.5) is 4.79 Å².